The highest BCUT2D eigenvalue weighted by atomic mass is 19.1. The molecule has 2 aromatic rings. The lowest BCUT2D eigenvalue weighted by molar-refractivity contribution is 0.630. The number of rotatable bonds is 3. The molecule has 1 aromatic carbocycles. The molecular weight excluding hydrogens is 207 g/mol. The normalized spacial score (nSPS) is 10.1. The molecular formula is C11H11FN4. The molecule has 0 fully saturated rings. The van der Waals surface area contributed by atoms with Gasteiger partial charge < -0.3 is 11.1 Å². The summed E-state index contributed by atoms with van der Waals surface area (Å²) in [6, 6.07) is 8.14. The molecule has 0 spiro atoms. The van der Waals surface area contributed by atoms with Gasteiger partial charge >= 0.3 is 0 Å². The second-order valence-electron chi connectivity index (χ2n) is 3.27. The molecule has 4 nitrogen and oxygen atoms in total. The topological polar surface area (TPSA) is 63.8 Å². The van der Waals surface area contributed by atoms with Crippen LogP contribution in [0.5, 0.6) is 0 Å². The van der Waals surface area contributed by atoms with E-state index in [0.717, 1.165) is 5.69 Å². The average Bonchev–Trinajstić information content (AvgIpc) is 2.30. The van der Waals surface area contributed by atoms with Crippen LogP contribution in [0.3, 0.4) is 0 Å². The number of nitrogens with two attached hydrogens (primary N) is 1. The van der Waals surface area contributed by atoms with Crippen LogP contribution < -0.4 is 11.1 Å². The molecule has 0 radical (unpaired) electrons. The number of aromatic nitrogens is 2. The quantitative estimate of drug-likeness (QED) is 0.771. The Morgan fingerprint density at radius 1 is 1.25 bits per heavy atom. The van der Waals surface area contributed by atoms with E-state index in [1.807, 2.05) is 0 Å². The van der Waals surface area contributed by atoms with Gasteiger partial charge in [-0.2, -0.15) is 10.2 Å². The van der Waals surface area contributed by atoms with Crippen molar-refractivity contribution in [3.05, 3.63) is 48.0 Å². The zero-order valence-corrected chi connectivity index (χ0v) is 8.52. The molecule has 3 N–H and O–H groups in total. The third kappa shape index (κ3) is 2.25. The molecule has 5 heteroatoms. The molecule has 0 aliphatic carbocycles. The molecule has 1 heterocycles. The lowest BCUT2D eigenvalue weighted by Crippen LogP contribution is -2.06. The van der Waals surface area contributed by atoms with Crippen LogP contribution in [0.25, 0.3) is 0 Å². The van der Waals surface area contributed by atoms with Crippen molar-refractivity contribution in [3.63, 3.8) is 0 Å². The lowest BCUT2D eigenvalue weighted by atomic mass is 10.2. The Bertz CT molecular complexity index is 452. The summed E-state index contributed by atoms with van der Waals surface area (Å²) in [7, 11) is 0. The van der Waals surface area contributed by atoms with Gasteiger partial charge in [-0.3, -0.25) is 0 Å². The van der Waals surface area contributed by atoms with Gasteiger partial charge in [0, 0.05) is 6.20 Å². The van der Waals surface area contributed by atoms with Crippen molar-refractivity contribution in [2.45, 2.75) is 6.54 Å². The van der Waals surface area contributed by atoms with Gasteiger partial charge in [0.1, 0.15) is 5.82 Å². The summed E-state index contributed by atoms with van der Waals surface area (Å²) >= 11 is 0. The van der Waals surface area contributed by atoms with Gasteiger partial charge in [0.2, 0.25) is 0 Å². The van der Waals surface area contributed by atoms with Gasteiger partial charge in [-0.15, -0.1) is 0 Å². The Balaban J connectivity index is 2.11. The third-order valence-electron chi connectivity index (χ3n) is 2.12. The van der Waals surface area contributed by atoms with E-state index >= 15 is 0 Å². The van der Waals surface area contributed by atoms with Crippen LogP contribution >= 0.6 is 0 Å². The Morgan fingerprint density at radius 3 is 2.81 bits per heavy atom. The molecule has 2 rings (SSSR count). The largest absolute Gasteiger partial charge is 0.397 e. The van der Waals surface area contributed by atoms with Crippen LogP contribution in [0.2, 0.25) is 0 Å². The minimum atomic E-state index is -0.371. The Hall–Kier alpha value is -2.17. The summed E-state index contributed by atoms with van der Waals surface area (Å²) < 4.78 is 13.4. The first-order valence-electron chi connectivity index (χ1n) is 4.82. The number of hydrogen-bond donors (Lipinski definition) is 2. The standard InChI is InChI=1S/C11H11FN4/c12-9-4-1-5-10(13)11(9)14-7-8-3-2-6-15-16-8/h1-6,14H,7,13H2. The molecule has 0 saturated heterocycles. The predicted octanol–water partition coefficient (Wildman–Crippen LogP) is 1.81. The van der Waals surface area contributed by atoms with E-state index in [1.54, 1.807) is 30.5 Å². The van der Waals surface area contributed by atoms with Crippen LogP contribution in [0.4, 0.5) is 15.8 Å². The zero-order chi connectivity index (χ0) is 11.4. The minimum absolute atomic E-state index is 0.299. The molecule has 0 bridgehead atoms. The molecule has 0 amide bonds. The van der Waals surface area contributed by atoms with E-state index in [1.165, 1.54) is 6.07 Å². The molecule has 0 unspecified atom stereocenters. The van der Waals surface area contributed by atoms with Gasteiger partial charge in [0.15, 0.2) is 0 Å². The van der Waals surface area contributed by atoms with E-state index < -0.39 is 0 Å². The molecule has 16 heavy (non-hydrogen) atoms. The monoisotopic (exact) mass is 218 g/mol. The number of nitrogens with zero attached hydrogens (tertiary/aromatic N) is 2. The zero-order valence-electron chi connectivity index (χ0n) is 8.52. The first kappa shape index (κ1) is 10.4. The summed E-state index contributed by atoms with van der Waals surface area (Å²) in [5.74, 6) is -0.371. The average molecular weight is 218 g/mol. The van der Waals surface area contributed by atoms with Crippen LogP contribution in [0.1, 0.15) is 5.69 Å². The fraction of sp³-hybridized carbons (Fsp3) is 0.0909. The summed E-state index contributed by atoms with van der Waals surface area (Å²) in [4.78, 5) is 0. The second-order valence-corrected chi connectivity index (χ2v) is 3.27. The minimum Gasteiger partial charge on any atom is -0.397 e. The summed E-state index contributed by atoms with van der Waals surface area (Å²) in [6.07, 6.45) is 1.58. The first-order chi connectivity index (χ1) is 7.77. The fourth-order valence-corrected chi connectivity index (χ4v) is 1.33. The van der Waals surface area contributed by atoms with Crippen molar-refractivity contribution >= 4 is 11.4 Å². The van der Waals surface area contributed by atoms with E-state index in [9.17, 15) is 4.39 Å². The lowest BCUT2D eigenvalue weighted by Gasteiger charge is -2.09. The Morgan fingerprint density at radius 2 is 2.12 bits per heavy atom. The van der Waals surface area contributed by atoms with Crippen LogP contribution in [0.15, 0.2) is 36.5 Å². The number of nitrogen functional groups attached to an aromatic ring is 1. The van der Waals surface area contributed by atoms with Crippen LogP contribution in [-0.2, 0) is 6.54 Å². The highest BCUT2D eigenvalue weighted by Gasteiger charge is 2.05. The molecule has 1 aromatic heterocycles. The molecule has 0 atom stereocenters. The summed E-state index contributed by atoms with van der Waals surface area (Å²) in [5, 5.41) is 10.5. The van der Waals surface area contributed by atoms with Crippen molar-refractivity contribution in [3.8, 4) is 0 Å². The van der Waals surface area contributed by atoms with Gasteiger partial charge in [-0.25, -0.2) is 4.39 Å². The SMILES string of the molecule is Nc1cccc(F)c1NCc1cccnn1. The van der Waals surface area contributed by atoms with Gasteiger partial charge in [-0.05, 0) is 24.3 Å². The first-order valence-corrected chi connectivity index (χ1v) is 4.82. The summed E-state index contributed by atoms with van der Waals surface area (Å²) in [6.45, 7) is 0.388. The number of nitrogens with one attached hydrogen (secondary N) is 1. The number of anilines is 2. The maximum atomic E-state index is 13.4. The molecule has 82 valence electrons. The molecule has 0 aliphatic rings. The Kier molecular flexibility index (Phi) is 2.95. The fourth-order valence-electron chi connectivity index (χ4n) is 1.33. The van der Waals surface area contributed by atoms with Gasteiger partial charge in [-0.1, -0.05) is 6.07 Å². The predicted molar refractivity (Wildman–Crippen MR) is 60.2 cm³/mol. The molecule has 0 aliphatic heterocycles. The van der Waals surface area contributed by atoms with Crippen molar-refractivity contribution in [1.29, 1.82) is 0 Å². The third-order valence-corrected chi connectivity index (χ3v) is 2.12. The Labute approximate surface area is 92.3 Å². The van der Waals surface area contributed by atoms with Gasteiger partial charge in [0.25, 0.3) is 0 Å². The number of benzene rings is 1. The van der Waals surface area contributed by atoms with E-state index in [0.29, 0.717) is 17.9 Å². The van der Waals surface area contributed by atoms with Crippen LogP contribution in [0, 0.1) is 5.82 Å². The highest BCUT2D eigenvalue weighted by Crippen LogP contribution is 2.21. The number of para-hydroxylation sites is 1. The van der Waals surface area contributed by atoms with E-state index in [4.69, 9.17) is 5.73 Å². The van der Waals surface area contributed by atoms with Crippen molar-refractivity contribution in [1.82, 2.24) is 10.2 Å². The van der Waals surface area contributed by atoms with Crippen LogP contribution in [-0.4, -0.2) is 10.2 Å². The number of hydrogen-bond acceptors (Lipinski definition) is 4. The van der Waals surface area contributed by atoms with E-state index in [2.05, 4.69) is 15.5 Å². The smallest absolute Gasteiger partial charge is 0.148 e. The van der Waals surface area contributed by atoms with Crippen molar-refractivity contribution in [2.24, 2.45) is 0 Å². The second kappa shape index (κ2) is 4.57. The van der Waals surface area contributed by atoms with Crippen molar-refractivity contribution in [2.75, 3.05) is 11.1 Å². The summed E-state index contributed by atoms with van der Waals surface area (Å²) in [5.41, 5.74) is 7.05. The van der Waals surface area contributed by atoms with Gasteiger partial charge in [0.05, 0.1) is 23.6 Å². The van der Waals surface area contributed by atoms with E-state index in [-0.39, 0.29) is 5.82 Å². The highest BCUT2D eigenvalue weighted by molar-refractivity contribution is 5.66. The number of halogens is 1. The maximum Gasteiger partial charge on any atom is 0.148 e. The molecule has 0 saturated carbocycles. The van der Waals surface area contributed by atoms with Crippen molar-refractivity contribution < 1.29 is 4.39 Å². The maximum absolute atomic E-state index is 13.4.